The number of aliphatic hydroxyl groups excluding tert-OH is 1. The molecule has 0 spiro atoms. The number of hydrogen-bond acceptors (Lipinski definition) is 2. The van der Waals surface area contributed by atoms with Crippen molar-refractivity contribution < 1.29 is 5.11 Å². The van der Waals surface area contributed by atoms with E-state index in [-0.39, 0.29) is 12.0 Å². The van der Waals surface area contributed by atoms with Gasteiger partial charge in [-0.25, -0.2) is 0 Å². The fourth-order valence-electron chi connectivity index (χ4n) is 0.882. The third-order valence-corrected chi connectivity index (χ3v) is 3.04. The van der Waals surface area contributed by atoms with Crippen LogP contribution >= 0.6 is 22.9 Å². The molecule has 1 aromatic heterocycles. The van der Waals surface area contributed by atoms with Gasteiger partial charge in [0, 0.05) is 11.5 Å². The van der Waals surface area contributed by atoms with Crippen molar-refractivity contribution >= 4 is 22.9 Å². The summed E-state index contributed by atoms with van der Waals surface area (Å²) in [6, 6.07) is 4.02. The molecule has 62 valence electrons. The molecule has 0 aliphatic carbocycles. The minimum absolute atomic E-state index is 0.0853. The van der Waals surface area contributed by atoms with Gasteiger partial charge in [0.2, 0.25) is 0 Å². The summed E-state index contributed by atoms with van der Waals surface area (Å²) >= 11 is 7.69. The predicted octanol–water partition coefficient (Wildman–Crippen LogP) is 2.80. The molecule has 1 aromatic rings. The van der Waals surface area contributed by atoms with E-state index in [4.69, 9.17) is 16.7 Å². The average molecular weight is 191 g/mol. The molecule has 1 heterocycles. The third kappa shape index (κ3) is 2.81. The maximum absolute atomic E-state index is 8.56. The van der Waals surface area contributed by atoms with Crippen LogP contribution < -0.4 is 0 Å². The van der Waals surface area contributed by atoms with E-state index in [0.717, 1.165) is 12.8 Å². The highest BCUT2D eigenvalue weighted by Gasteiger charge is 2.06. The minimum atomic E-state index is 0.0853. The highest BCUT2D eigenvalue weighted by Crippen LogP contribution is 2.28. The van der Waals surface area contributed by atoms with E-state index >= 15 is 0 Å². The van der Waals surface area contributed by atoms with E-state index in [1.54, 1.807) is 11.3 Å². The third-order valence-electron chi connectivity index (χ3n) is 1.47. The van der Waals surface area contributed by atoms with Crippen LogP contribution in [0.5, 0.6) is 0 Å². The lowest BCUT2D eigenvalue weighted by atomic mass is 10.2. The van der Waals surface area contributed by atoms with Crippen LogP contribution in [-0.2, 0) is 0 Å². The summed E-state index contributed by atoms with van der Waals surface area (Å²) in [4.78, 5) is 1.19. The first-order valence-corrected chi connectivity index (χ1v) is 4.94. The SMILES string of the molecule is OCCCC(Cl)c1cccs1. The number of halogens is 1. The molecule has 0 saturated carbocycles. The summed E-state index contributed by atoms with van der Waals surface area (Å²) in [7, 11) is 0. The first-order chi connectivity index (χ1) is 5.34. The predicted molar refractivity (Wildman–Crippen MR) is 49.2 cm³/mol. The fraction of sp³-hybridized carbons (Fsp3) is 0.500. The Labute approximate surface area is 75.6 Å². The Morgan fingerprint density at radius 1 is 1.64 bits per heavy atom. The van der Waals surface area contributed by atoms with E-state index < -0.39 is 0 Å². The van der Waals surface area contributed by atoms with Crippen LogP contribution in [-0.4, -0.2) is 11.7 Å². The number of aliphatic hydroxyl groups is 1. The first-order valence-electron chi connectivity index (χ1n) is 3.63. The molecular formula is C8H11ClOS. The second-order valence-electron chi connectivity index (χ2n) is 2.35. The van der Waals surface area contributed by atoms with Crippen molar-refractivity contribution in [1.82, 2.24) is 0 Å². The Morgan fingerprint density at radius 2 is 2.45 bits per heavy atom. The highest BCUT2D eigenvalue weighted by molar-refractivity contribution is 7.10. The van der Waals surface area contributed by atoms with Crippen molar-refractivity contribution in [1.29, 1.82) is 0 Å². The van der Waals surface area contributed by atoms with Crippen LogP contribution in [0.4, 0.5) is 0 Å². The van der Waals surface area contributed by atoms with Gasteiger partial charge in [-0.3, -0.25) is 0 Å². The lowest BCUT2D eigenvalue weighted by Crippen LogP contribution is -1.89. The van der Waals surface area contributed by atoms with Gasteiger partial charge in [0.15, 0.2) is 0 Å². The van der Waals surface area contributed by atoms with Gasteiger partial charge in [-0.15, -0.1) is 22.9 Å². The number of rotatable bonds is 4. The topological polar surface area (TPSA) is 20.2 Å². The zero-order valence-electron chi connectivity index (χ0n) is 6.16. The van der Waals surface area contributed by atoms with E-state index in [0.29, 0.717) is 0 Å². The van der Waals surface area contributed by atoms with Gasteiger partial charge in [0.25, 0.3) is 0 Å². The van der Waals surface area contributed by atoms with Gasteiger partial charge in [0.1, 0.15) is 0 Å². The Kier molecular flexibility index (Phi) is 3.91. The molecule has 0 aliphatic heterocycles. The van der Waals surface area contributed by atoms with Crippen molar-refractivity contribution in [2.45, 2.75) is 18.2 Å². The average Bonchev–Trinajstić information content (AvgIpc) is 2.52. The molecule has 0 aromatic carbocycles. The maximum Gasteiger partial charge on any atom is 0.0679 e. The molecule has 0 aliphatic rings. The molecule has 1 atom stereocenters. The monoisotopic (exact) mass is 190 g/mol. The number of thiophene rings is 1. The van der Waals surface area contributed by atoms with E-state index in [2.05, 4.69) is 0 Å². The molecule has 1 rings (SSSR count). The molecule has 0 fully saturated rings. The van der Waals surface area contributed by atoms with Gasteiger partial charge >= 0.3 is 0 Å². The van der Waals surface area contributed by atoms with E-state index in [1.165, 1.54) is 4.88 Å². The van der Waals surface area contributed by atoms with Gasteiger partial charge in [-0.05, 0) is 24.3 Å². The van der Waals surface area contributed by atoms with Crippen molar-refractivity contribution in [3.8, 4) is 0 Å². The Bertz CT molecular complexity index is 186. The molecule has 1 N–H and O–H groups in total. The zero-order valence-corrected chi connectivity index (χ0v) is 7.74. The van der Waals surface area contributed by atoms with Gasteiger partial charge in [-0.1, -0.05) is 6.07 Å². The van der Waals surface area contributed by atoms with E-state index in [9.17, 15) is 0 Å². The summed E-state index contributed by atoms with van der Waals surface area (Å²) < 4.78 is 0. The normalized spacial score (nSPS) is 13.3. The fourth-order valence-corrected chi connectivity index (χ4v) is 2.00. The maximum atomic E-state index is 8.56. The van der Waals surface area contributed by atoms with Crippen molar-refractivity contribution in [3.63, 3.8) is 0 Å². The Hall–Kier alpha value is -0.0500. The lowest BCUT2D eigenvalue weighted by molar-refractivity contribution is 0.284. The Balaban J connectivity index is 2.36. The minimum Gasteiger partial charge on any atom is -0.396 e. The van der Waals surface area contributed by atoms with Crippen molar-refractivity contribution in [2.24, 2.45) is 0 Å². The largest absolute Gasteiger partial charge is 0.396 e. The zero-order chi connectivity index (χ0) is 8.10. The lowest BCUT2D eigenvalue weighted by Gasteiger charge is -2.03. The van der Waals surface area contributed by atoms with Crippen LogP contribution in [0.1, 0.15) is 23.1 Å². The molecular weight excluding hydrogens is 180 g/mol. The summed E-state index contributed by atoms with van der Waals surface area (Å²) in [6.07, 6.45) is 1.64. The van der Waals surface area contributed by atoms with Gasteiger partial charge in [0.05, 0.1) is 5.38 Å². The van der Waals surface area contributed by atoms with Crippen LogP contribution in [0.25, 0.3) is 0 Å². The molecule has 0 amide bonds. The number of alkyl halides is 1. The van der Waals surface area contributed by atoms with Crippen LogP contribution in [0.3, 0.4) is 0 Å². The van der Waals surface area contributed by atoms with E-state index in [1.807, 2.05) is 17.5 Å². The molecule has 0 saturated heterocycles. The summed E-state index contributed by atoms with van der Waals surface area (Å²) in [5.41, 5.74) is 0. The molecule has 0 bridgehead atoms. The summed E-state index contributed by atoms with van der Waals surface area (Å²) in [6.45, 7) is 0.231. The molecule has 1 unspecified atom stereocenters. The smallest absolute Gasteiger partial charge is 0.0679 e. The van der Waals surface area contributed by atoms with Gasteiger partial charge in [-0.2, -0.15) is 0 Å². The Morgan fingerprint density at radius 3 is 3.00 bits per heavy atom. The molecule has 11 heavy (non-hydrogen) atoms. The first kappa shape index (κ1) is 9.04. The van der Waals surface area contributed by atoms with Crippen LogP contribution in [0.15, 0.2) is 17.5 Å². The second kappa shape index (κ2) is 4.75. The van der Waals surface area contributed by atoms with Gasteiger partial charge < -0.3 is 5.11 Å². The van der Waals surface area contributed by atoms with Crippen LogP contribution in [0, 0.1) is 0 Å². The summed E-state index contributed by atoms with van der Waals surface area (Å²) in [5, 5.41) is 10.7. The summed E-state index contributed by atoms with van der Waals surface area (Å²) in [5.74, 6) is 0. The van der Waals surface area contributed by atoms with Crippen molar-refractivity contribution in [3.05, 3.63) is 22.4 Å². The highest BCUT2D eigenvalue weighted by atomic mass is 35.5. The molecule has 1 nitrogen and oxygen atoms in total. The molecule has 0 radical (unpaired) electrons. The quantitative estimate of drug-likeness (QED) is 0.724. The van der Waals surface area contributed by atoms with Crippen LogP contribution in [0.2, 0.25) is 0 Å². The second-order valence-corrected chi connectivity index (χ2v) is 3.85. The number of hydrogen-bond donors (Lipinski definition) is 1. The van der Waals surface area contributed by atoms with Crippen molar-refractivity contribution in [2.75, 3.05) is 6.61 Å². The molecule has 3 heteroatoms. The standard InChI is InChI=1S/C8H11ClOS/c9-7(3-1-5-10)8-4-2-6-11-8/h2,4,6-7,10H,1,3,5H2.